The summed E-state index contributed by atoms with van der Waals surface area (Å²) in [6.45, 7) is 10.9. The zero-order valence-corrected chi connectivity index (χ0v) is 18.8. The van der Waals surface area contributed by atoms with E-state index in [0.29, 0.717) is 12.1 Å². The molecule has 160 valence electrons. The number of nitrogens with zero attached hydrogens (tertiary/aromatic N) is 3. The van der Waals surface area contributed by atoms with Crippen LogP contribution in [0.15, 0.2) is 30.5 Å². The Bertz CT molecular complexity index is 1070. The van der Waals surface area contributed by atoms with Crippen LogP contribution in [0.3, 0.4) is 0 Å². The van der Waals surface area contributed by atoms with Crippen molar-refractivity contribution in [2.45, 2.75) is 53.7 Å². The first-order chi connectivity index (χ1) is 14.2. The molecule has 0 unspecified atom stereocenters. The molecule has 0 radical (unpaired) electrons. The quantitative estimate of drug-likeness (QED) is 0.622. The molecule has 6 nitrogen and oxygen atoms in total. The summed E-state index contributed by atoms with van der Waals surface area (Å²) in [6, 6.07) is 8.25. The number of benzene rings is 1. The van der Waals surface area contributed by atoms with E-state index in [1.807, 2.05) is 30.5 Å². The van der Waals surface area contributed by atoms with E-state index in [4.69, 9.17) is 4.98 Å². The molecule has 2 aromatic heterocycles. The number of pyridine rings is 1. The Labute approximate surface area is 178 Å². The first-order valence-corrected chi connectivity index (χ1v) is 10.5. The number of hydrogen-bond acceptors (Lipinski definition) is 4. The number of rotatable bonds is 7. The highest BCUT2D eigenvalue weighted by Crippen LogP contribution is 2.24. The molecule has 0 aliphatic rings. The molecule has 0 aliphatic heterocycles. The Morgan fingerprint density at radius 3 is 2.70 bits per heavy atom. The van der Waals surface area contributed by atoms with Crippen molar-refractivity contribution in [3.05, 3.63) is 64.1 Å². The van der Waals surface area contributed by atoms with Crippen molar-refractivity contribution in [3.8, 4) is 0 Å². The highest BCUT2D eigenvalue weighted by atomic mass is 16.3. The van der Waals surface area contributed by atoms with Crippen molar-refractivity contribution < 1.29 is 9.90 Å². The molecule has 30 heavy (non-hydrogen) atoms. The number of anilines is 1. The lowest BCUT2D eigenvalue weighted by atomic mass is 10.00. The smallest absolute Gasteiger partial charge is 0.255 e. The second kappa shape index (κ2) is 8.88. The summed E-state index contributed by atoms with van der Waals surface area (Å²) in [4.78, 5) is 19.2. The third kappa shape index (κ3) is 4.33. The number of aliphatic hydroxyl groups excluding tert-OH is 1. The zero-order chi connectivity index (χ0) is 22.0. The maximum atomic E-state index is 13.0. The summed E-state index contributed by atoms with van der Waals surface area (Å²) in [6.07, 6.45) is 2.23. The molecule has 0 bridgehead atoms. The van der Waals surface area contributed by atoms with Gasteiger partial charge in [0, 0.05) is 32.0 Å². The highest BCUT2D eigenvalue weighted by molar-refractivity contribution is 5.96. The predicted molar refractivity (Wildman–Crippen MR) is 121 cm³/mol. The number of aliphatic hydroxyl groups is 1. The zero-order valence-electron chi connectivity index (χ0n) is 18.8. The Morgan fingerprint density at radius 2 is 2.03 bits per heavy atom. The van der Waals surface area contributed by atoms with Crippen molar-refractivity contribution in [3.63, 3.8) is 0 Å². The molecule has 0 fully saturated rings. The van der Waals surface area contributed by atoms with Gasteiger partial charge in [0.15, 0.2) is 5.65 Å². The molecule has 2 N–H and O–H groups in total. The number of fused-ring (bicyclic) bond motifs is 1. The summed E-state index contributed by atoms with van der Waals surface area (Å²) in [7, 11) is 1.71. The van der Waals surface area contributed by atoms with Crippen LogP contribution in [0, 0.1) is 20.8 Å². The lowest BCUT2D eigenvalue weighted by Crippen LogP contribution is -2.33. The highest BCUT2D eigenvalue weighted by Gasteiger charge is 2.18. The van der Waals surface area contributed by atoms with Gasteiger partial charge in [-0.25, -0.2) is 4.98 Å². The first kappa shape index (κ1) is 21.8. The molecule has 1 amide bonds. The van der Waals surface area contributed by atoms with E-state index in [9.17, 15) is 9.90 Å². The van der Waals surface area contributed by atoms with Gasteiger partial charge < -0.3 is 19.7 Å². The average Bonchev–Trinajstić information content (AvgIpc) is 2.99. The summed E-state index contributed by atoms with van der Waals surface area (Å²) < 4.78 is 1.97. The van der Waals surface area contributed by atoms with Crippen LogP contribution in [-0.4, -0.2) is 45.0 Å². The van der Waals surface area contributed by atoms with Gasteiger partial charge in [-0.05, 0) is 56.9 Å². The van der Waals surface area contributed by atoms with E-state index in [1.54, 1.807) is 18.9 Å². The molecular weight excluding hydrogens is 376 g/mol. The van der Waals surface area contributed by atoms with Gasteiger partial charge in [-0.3, -0.25) is 4.79 Å². The minimum atomic E-state index is -0.578. The van der Waals surface area contributed by atoms with Crippen LogP contribution in [0.2, 0.25) is 0 Å². The summed E-state index contributed by atoms with van der Waals surface area (Å²) in [5, 5.41) is 13.2. The maximum Gasteiger partial charge on any atom is 0.255 e. The molecular formula is C24H32N4O2. The lowest BCUT2D eigenvalue weighted by molar-refractivity contribution is 0.0703. The van der Waals surface area contributed by atoms with Gasteiger partial charge in [0.05, 0.1) is 23.0 Å². The van der Waals surface area contributed by atoms with E-state index in [1.165, 1.54) is 16.7 Å². The Balaban J connectivity index is 2.01. The number of nitrogens with one attached hydrogen (secondary N) is 1. The monoisotopic (exact) mass is 408 g/mol. The normalized spacial score (nSPS) is 12.2. The first-order valence-electron chi connectivity index (χ1n) is 10.5. The van der Waals surface area contributed by atoms with Crippen molar-refractivity contribution in [1.29, 1.82) is 0 Å². The van der Waals surface area contributed by atoms with Gasteiger partial charge in [-0.15, -0.1) is 0 Å². The molecule has 3 aromatic rings. The number of hydrogen-bond donors (Lipinski definition) is 2. The second-order valence-corrected chi connectivity index (χ2v) is 8.07. The topological polar surface area (TPSA) is 69.9 Å². The van der Waals surface area contributed by atoms with Gasteiger partial charge in [-0.1, -0.05) is 25.1 Å². The Morgan fingerprint density at radius 1 is 1.30 bits per heavy atom. The van der Waals surface area contributed by atoms with E-state index in [2.05, 4.69) is 37.4 Å². The molecule has 1 aromatic carbocycles. The van der Waals surface area contributed by atoms with Crippen LogP contribution >= 0.6 is 0 Å². The Kier molecular flexibility index (Phi) is 6.46. The number of imidazole rings is 1. The third-order valence-electron chi connectivity index (χ3n) is 5.67. The van der Waals surface area contributed by atoms with Crippen molar-refractivity contribution in [2.24, 2.45) is 0 Å². The number of likely N-dealkylation sites (N-methyl/N-ethyl adjacent to an activating group) is 1. The van der Waals surface area contributed by atoms with Crippen LogP contribution in [0.25, 0.3) is 5.65 Å². The summed E-state index contributed by atoms with van der Waals surface area (Å²) in [5.41, 5.74) is 7.99. The van der Waals surface area contributed by atoms with Crippen LogP contribution < -0.4 is 5.32 Å². The standard InChI is InChI=1S/C24H32N4O2/c1-7-19-10-8-9-15(2)21(19)12-25-22-11-20(24(30)27(6)13-16(3)29)14-28-18(5)17(4)26-23(22)28/h8-11,14,16,25,29H,7,12-13H2,1-6H3/t16-/m0/s1. The number of carbonyl (C=O) groups excluding carboxylic acids is 1. The van der Waals surface area contributed by atoms with Gasteiger partial charge in [0.1, 0.15) is 0 Å². The Hall–Kier alpha value is -2.86. The van der Waals surface area contributed by atoms with E-state index >= 15 is 0 Å². The lowest BCUT2D eigenvalue weighted by Gasteiger charge is -2.20. The molecule has 1 atom stereocenters. The van der Waals surface area contributed by atoms with Gasteiger partial charge in [-0.2, -0.15) is 0 Å². The van der Waals surface area contributed by atoms with Gasteiger partial charge in [0.25, 0.3) is 5.91 Å². The molecule has 0 spiro atoms. The van der Waals surface area contributed by atoms with Crippen molar-refractivity contribution in [1.82, 2.24) is 14.3 Å². The second-order valence-electron chi connectivity index (χ2n) is 8.07. The van der Waals surface area contributed by atoms with Crippen LogP contribution in [0.4, 0.5) is 5.69 Å². The van der Waals surface area contributed by atoms with Crippen molar-refractivity contribution in [2.75, 3.05) is 18.9 Å². The molecule has 0 saturated carbocycles. The molecule has 6 heteroatoms. The number of aromatic nitrogens is 2. The predicted octanol–water partition coefficient (Wildman–Crippen LogP) is 3.89. The maximum absolute atomic E-state index is 13.0. The van der Waals surface area contributed by atoms with Gasteiger partial charge >= 0.3 is 0 Å². The van der Waals surface area contributed by atoms with Crippen LogP contribution in [0.1, 0.15) is 52.3 Å². The largest absolute Gasteiger partial charge is 0.392 e. The molecule has 0 aliphatic carbocycles. The fourth-order valence-electron chi connectivity index (χ4n) is 3.85. The molecule has 2 heterocycles. The van der Waals surface area contributed by atoms with Crippen LogP contribution in [0.5, 0.6) is 0 Å². The molecule has 0 saturated heterocycles. The molecule has 3 rings (SSSR count). The summed E-state index contributed by atoms with van der Waals surface area (Å²) in [5.74, 6) is -0.128. The summed E-state index contributed by atoms with van der Waals surface area (Å²) >= 11 is 0. The number of carbonyl (C=O) groups is 1. The SMILES string of the molecule is CCc1cccc(C)c1CNc1cc(C(=O)N(C)C[C@H](C)O)cn2c(C)c(C)nc12. The van der Waals surface area contributed by atoms with Crippen LogP contribution in [-0.2, 0) is 13.0 Å². The minimum absolute atomic E-state index is 0.128. The number of amides is 1. The third-order valence-corrected chi connectivity index (χ3v) is 5.67. The average molecular weight is 409 g/mol. The number of aryl methyl sites for hydroxylation is 4. The van der Waals surface area contributed by atoms with E-state index in [-0.39, 0.29) is 12.5 Å². The van der Waals surface area contributed by atoms with Gasteiger partial charge in [0.2, 0.25) is 0 Å². The van der Waals surface area contributed by atoms with E-state index < -0.39 is 6.10 Å². The minimum Gasteiger partial charge on any atom is -0.392 e. The fraction of sp³-hybridized carbons (Fsp3) is 0.417. The van der Waals surface area contributed by atoms with E-state index in [0.717, 1.165) is 29.1 Å². The fourth-order valence-corrected chi connectivity index (χ4v) is 3.85. The van der Waals surface area contributed by atoms with Crippen molar-refractivity contribution >= 4 is 17.2 Å².